The van der Waals surface area contributed by atoms with E-state index in [0.29, 0.717) is 13.1 Å². The zero-order valence-corrected chi connectivity index (χ0v) is 13.2. The van der Waals surface area contributed by atoms with Gasteiger partial charge in [0.05, 0.1) is 28.9 Å². The van der Waals surface area contributed by atoms with Gasteiger partial charge in [-0.15, -0.1) is 0 Å². The third-order valence-corrected chi connectivity index (χ3v) is 4.93. The number of halogens is 2. The molecule has 7 heteroatoms. The van der Waals surface area contributed by atoms with Gasteiger partial charge < -0.3 is 9.64 Å². The molecular formula is C17H12F2N2O2S. The van der Waals surface area contributed by atoms with E-state index in [9.17, 15) is 13.6 Å². The molecule has 0 radical (unpaired) electrons. The predicted molar refractivity (Wildman–Crippen MR) is 87.4 cm³/mol. The summed E-state index contributed by atoms with van der Waals surface area (Å²) >= 11 is 1.59. The molecule has 4 nitrogen and oxygen atoms in total. The van der Waals surface area contributed by atoms with Crippen LogP contribution in [0.3, 0.4) is 0 Å². The van der Waals surface area contributed by atoms with Gasteiger partial charge in [-0.1, -0.05) is 23.5 Å². The van der Waals surface area contributed by atoms with Crippen LogP contribution in [0.5, 0.6) is 0 Å². The minimum atomic E-state index is -1.06. The minimum absolute atomic E-state index is 0.00679. The second-order valence-electron chi connectivity index (χ2n) is 5.53. The summed E-state index contributed by atoms with van der Waals surface area (Å²) in [7, 11) is 0. The van der Waals surface area contributed by atoms with Crippen molar-refractivity contribution in [2.45, 2.75) is 6.10 Å². The van der Waals surface area contributed by atoms with Crippen molar-refractivity contribution >= 4 is 32.7 Å². The van der Waals surface area contributed by atoms with Gasteiger partial charge in [-0.25, -0.2) is 18.6 Å². The summed E-state index contributed by atoms with van der Waals surface area (Å²) in [5.41, 5.74) is 0.951. The van der Waals surface area contributed by atoms with Gasteiger partial charge >= 0.3 is 5.97 Å². The zero-order chi connectivity index (χ0) is 16.7. The van der Waals surface area contributed by atoms with Crippen molar-refractivity contribution in [3.05, 3.63) is 59.7 Å². The number of aromatic nitrogens is 1. The first-order valence-electron chi connectivity index (χ1n) is 7.37. The molecule has 0 bridgehead atoms. The molecule has 0 aliphatic carbocycles. The number of esters is 1. The monoisotopic (exact) mass is 346 g/mol. The molecule has 4 rings (SSSR count). The van der Waals surface area contributed by atoms with Crippen LogP contribution in [0.2, 0.25) is 0 Å². The third-order valence-electron chi connectivity index (χ3n) is 3.83. The number of nitrogens with zero attached hydrogens (tertiary/aromatic N) is 2. The number of ether oxygens (including phenoxy) is 1. The summed E-state index contributed by atoms with van der Waals surface area (Å²) in [6.45, 7) is 1.07. The number of hydrogen-bond acceptors (Lipinski definition) is 5. The lowest BCUT2D eigenvalue weighted by atomic mass is 10.1. The van der Waals surface area contributed by atoms with Crippen molar-refractivity contribution in [1.82, 2.24) is 4.98 Å². The van der Waals surface area contributed by atoms with Gasteiger partial charge in [-0.2, -0.15) is 0 Å². The number of carbonyl (C=O) groups is 1. The fraction of sp³-hybridized carbons (Fsp3) is 0.176. The van der Waals surface area contributed by atoms with E-state index in [-0.39, 0.29) is 11.7 Å². The van der Waals surface area contributed by atoms with E-state index in [0.717, 1.165) is 27.5 Å². The molecule has 2 aromatic carbocycles. The number of fused-ring (bicyclic) bond motifs is 1. The topological polar surface area (TPSA) is 42.4 Å². The first kappa shape index (κ1) is 15.0. The Labute approximate surface area is 140 Å². The molecular weight excluding hydrogens is 334 g/mol. The minimum Gasteiger partial charge on any atom is -0.455 e. The highest BCUT2D eigenvalue weighted by Gasteiger charge is 2.32. The quantitative estimate of drug-likeness (QED) is 0.680. The van der Waals surface area contributed by atoms with Gasteiger partial charge in [0.15, 0.2) is 16.8 Å². The van der Waals surface area contributed by atoms with Crippen LogP contribution in [0.25, 0.3) is 10.2 Å². The first-order valence-corrected chi connectivity index (χ1v) is 8.18. The Hall–Kier alpha value is -2.54. The van der Waals surface area contributed by atoms with Crippen molar-refractivity contribution < 1.29 is 18.3 Å². The molecule has 1 aliphatic rings. The molecule has 0 atom stereocenters. The maximum absolute atomic E-state index is 13.2. The number of carbonyl (C=O) groups excluding carboxylic acids is 1. The molecule has 1 aliphatic heterocycles. The summed E-state index contributed by atoms with van der Waals surface area (Å²) in [6.07, 6.45) is -0.280. The highest BCUT2D eigenvalue weighted by molar-refractivity contribution is 7.22. The van der Waals surface area contributed by atoms with E-state index >= 15 is 0 Å². The van der Waals surface area contributed by atoms with Gasteiger partial charge in [-0.3, -0.25) is 0 Å². The average molecular weight is 346 g/mol. The Morgan fingerprint density at radius 2 is 1.96 bits per heavy atom. The third kappa shape index (κ3) is 2.71. The van der Waals surface area contributed by atoms with Crippen molar-refractivity contribution in [2.24, 2.45) is 0 Å². The number of anilines is 1. The largest absolute Gasteiger partial charge is 0.455 e. The van der Waals surface area contributed by atoms with Crippen LogP contribution in [-0.2, 0) is 4.74 Å². The van der Waals surface area contributed by atoms with Crippen molar-refractivity contribution in [3.63, 3.8) is 0 Å². The summed E-state index contributed by atoms with van der Waals surface area (Å²) < 4.78 is 32.5. The van der Waals surface area contributed by atoms with E-state index in [4.69, 9.17) is 4.74 Å². The molecule has 2 heterocycles. The molecule has 24 heavy (non-hydrogen) atoms. The van der Waals surface area contributed by atoms with Crippen molar-refractivity contribution in [1.29, 1.82) is 0 Å². The first-order chi connectivity index (χ1) is 11.6. The molecule has 3 aromatic rings. The fourth-order valence-corrected chi connectivity index (χ4v) is 3.49. The number of rotatable bonds is 3. The number of thiazole rings is 1. The molecule has 1 aromatic heterocycles. The standard InChI is InChI=1S/C17H12F2N2O2S/c18-12-6-5-10(7-13(12)19)16(22)23-11-8-21(9-11)17-20-14-3-1-2-4-15(14)24-17/h1-7,11H,8-9H2. The zero-order valence-electron chi connectivity index (χ0n) is 12.4. The van der Waals surface area contributed by atoms with Crippen LogP contribution < -0.4 is 4.90 Å². The Morgan fingerprint density at radius 1 is 1.17 bits per heavy atom. The summed E-state index contributed by atoms with van der Waals surface area (Å²) in [4.78, 5) is 18.5. The van der Waals surface area contributed by atoms with Crippen LogP contribution in [0.1, 0.15) is 10.4 Å². The predicted octanol–water partition coefficient (Wildman–Crippen LogP) is 3.62. The highest BCUT2D eigenvalue weighted by Crippen LogP contribution is 2.31. The molecule has 0 N–H and O–H groups in total. The lowest BCUT2D eigenvalue weighted by molar-refractivity contribution is 0.0233. The van der Waals surface area contributed by atoms with Crippen LogP contribution in [-0.4, -0.2) is 30.1 Å². The van der Waals surface area contributed by atoms with Crippen molar-refractivity contribution in [2.75, 3.05) is 18.0 Å². The normalized spacial score (nSPS) is 14.7. The Balaban J connectivity index is 1.38. The van der Waals surface area contributed by atoms with Crippen LogP contribution in [0.15, 0.2) is 42.5 Å². The Morgan fingerprint density at radius 3 is 2.71 bits per heavy atom. The summed E-state index contributed by atoms with van der Waals surface area (Å²) in [5, 5.41) is 0.885. The van der Waals surface area contributed by atoms with E-state index in [2.05, 4.69) is 4.98 Å². The fourth-order valence-electron chi connectivity index (χ4n) is 2.51. The van der Waals surface area contributed by atoms with Gasteiger partial charge in [0.25, 0.3) is 0 Å². The Bertz CT molecular complexity index is 889. The van der Waals surface area contributed by atoms with Gasteiger partial charge in [0.2, 0.25) is 0 Å². The van der Waals surface area contributed by atoms with Crippen LogP contribution in [0.4, 0.5) is 13.9 Å². The Kier molecular flexibility index (Phi) is 3.65. The van der Waals surface area contributed by atoms with Gasteiger partial charge in [0.1, 0.15) is 6.10 Å². The van der Waals surface area contributed by atoms with Crippen LogP contribution in [0, 0.1) is 11.6 Å². The smallest absolute Gasteiger partial charge is 0.338 e. The molecule has 1 fully saturated rings. The van der Waals surface area contributed by atoms with Gasteiger partial charge in [0, 0.05) is 0 Å². The number of para-hydroxylation sites is 1. The molecule has 0 amide bonds. The lowest BCUT2D eigenvalue weighted by Gasteiger charge is -2.38. The molecule has 0 spiro atoms. The van der Waals surface area contributed by atoms with Crippen LogP contribution >= 0.6 is 11.3 Å². The van der Waals surface area contributed by atoms with Crippen molar-refractivity contribution in [3.8, 4) is 0 Å². The second-order valence-corrected chi connectivity index (χ2v) is 6.53. The lowest BCUT2D eigenvalue weighted by Crippen LogP contribution is -2.53. The summed E-state index contributed by atoms with van der Waals surface area (Å²) in [5.74, 6) is -2.70. The maximum atomic E-state index is 13.2. The highest BCUT2D eigenvalue weighted by atomic mass is 32.1. The second kappa shape index (κ2) is 5.83. The van der Waals surface area contributed by atoms with E-state index in [1.807, 2.05) is 29.2 Å². The SMILES string of the molecule is O=C(OC1CN(c2nc3ccccc3s2)C1)c1ccc(F)c(F)c1. The van der Waals surface area contributed by atoms with Gasteiger partial charge in [-0.05, 0) is 30.3 Å². The van der Waals surface area contributed by atoms with E-state index in [1.165, 1.54) is 6.07 Å². The number of benzene rings is 2. The van der Waals surface area contributed by atoms with E-state index in [1.54, 1.807) is 11.3 Å². The number of hydrogen-bond donors (Lipinski definition) is 0. The maximum Gasteiger partial charge on any atom is 0.338 e. The molecule has 122 valence electrons. The molecule has 0 unspecified atom stereocenters. The average Bonchev–Trinajstić information content (AvgIpc) is 2.96. The molecule has 1 saturated heterocycles. The molecule has 0 saturated carbocycles. The summed E-state index contributed by atoms with van der Waals surface area (Å²) in [6, 6.07) is 10.8. The van der Waals surface area contributed by atoms with E-state index < -0.39 is 17.6 Å².